The number of hydrogen-bond acceptors (Lipinski definition) is 10. The topological polar surface area (TPSA) is 131 Å². The Morgan fingerprint density at radius 2 is 1.87 bits per heavy atom. The van der Waals surface area contributed by atoms with Crippen molar-refractivity contribution in [3.8, 4) is 17.2 Å². The van der Waals surface area contributed by atoms with Gasteiger partial charge in [0.1, 0.15) is 18.4 Å². The van der Waals surface area contributed by atoms with Gasteiger partial charge < -0.3 is 18.9 Å². The molecule has 0 radical (unpaired) electrons. The van der Waals surface area contributed by atoms with Crippen LogP contribution in [0.15, 0.2) is 86.2 Å². The number of non-ortho nitro benzene ring substituents is 1. The van der Waals surface area contributed by atoms with Gasteiger partial charge in [0.15, 0.2) is 16.3 Å². The molecule has 0 amide bonds. The van der Waals surface area contributed by atoms with Crippen molar-refractivity contribution in [3.05, 3.63) is 123 Å². The van der Waals surface area contributed by atoms with E-state index in [0.717, 1.165) is 0 Å². The van der Waals surface area contributed by atoms with Crippen molar-refractivity contribution >= 4 is 45.0 Å². The molecule has 47 heavy (non-hydrogen) atoms. The minimum Gasteiger partial charge on any atom is -0.493 e. The van der Waals surface area contributed by atoms with Crippen LogP contribution in [0.4, 0.5) is 5.69 Å². The van der Waals surface area contributed by atoms with E-state index in [1.165, 1.54) is 35.1 Å². The lowest BCUT2D eigenvalue weighted by Crippen LogP contribution is -2.40. The molecule has 0 bridgehead atoms. The number of benzene rings is 3. The van der Waals surface area contributed by atoms with Gasteiger partial charge in [0.05, 0.1) is 40.5 Å². The van der Waals surface area contributed by atoms with Crippen LogP contribution in [0.3, 0.4) is 0 Å². The molecule has 2 heterocycles. The van der Waals surface area contributed by atoms with Gasteiger partial charge in [-0.25, -0.2) is 9.79 Å². The molecule has 1 aromatic heterocycles. The van der Waals surface area contributed by atoms with E-state index in [9.17, 15) is 19.7 Å². The molecule has 0 fully saturated rings. The number of nitro benzene ring substituents is 1. The summed E-state index contributed by atoms with van der Waals surface area (Å²) in [5, 5.41) is 11.1. The predicted octanol–water partition coefficient (Wildman–Crippen LogP) is 5.84. The summed E-state index contributed by atoms with van der Waals surface area (Å²) >= 11 is 4.70. The molecular formula is C34H32BrN3O8S. The van der Waals surface area contributed by atoms with Gasteiger partial charge >= 0.3 is 5.97 Å². The molecule has 1 aliphatic heterocycles. The molecule has 5 rings (SSSR count). The molecule has 4 aromatic rings. The third kappa shape index (κ3) is 7.15. The Morgan fingerprint density at radius 1 is 1.15 bits per heavy atom. The number of para-hydroxylation sites is 1. The lowest BCUT2D eigenvalue weighted by molar-refractivity contribution is -0.384. The summed E-state index contributed by atoms with van der Waals surface area (Å²) < 4.78 is 25.9. The van der Waals surface area contributed by atoms with Crippen molar-refractivity contribution in [2.24, 2.45) is 4.99 Å². The average Bonchev–Trinajstić information content (AvgIpc) is 3.33. The second kappa shape index (κ2) is 14.3. The van der Waals surface area contributed by atoms with Crippen molar-refractivity contribution in [1.29, 1.82) is 0 Å². The molecule has 0 spiro atoms. The van der Waals surface area contributed by atoms with Crippen LogP contribution >= 0.6 is 27.3 Å². The first-order valence-corrected chi connectivity index (χ1v) is 16.3. The number of hydrogen-bond donors (Lipinski definition) is 0. The Balaban J connectivity index is 1.66. The highest BCUT2D eigenvalue weighted by Crippen LogP contribution is 2.38. The number of fused-ring (bicyclic) bond motifs is 1. The largest absolute Gasteiger partial charge is 0.493 e. The maximum Gasteiger partial charge on any atom is 0.338 e. The quantitative estimate of drug-likeness (QED) is 0.107. The zero-order valence-electron chi connectivity index (χ0n) is 26.3. The first-order chi connectivity index (χ1) is 22.5. The lowest BCUT2D eigenvalue weighted by atomic mass is 9.95. The van der Waals surface area contributed by atoms with Gasteiger partial charge in [0.2, 0.25) is 0 Å². The number of nitrogens with zero attached hydrogens (tertiary/aromatic N) is 3. The first-order valence-electron chi connectivity index (χ1n) is 14.7. The highest BCUT2D eigenvalue weighted by Gasteiger charge is 2.35. The van der Waals surface area contributed by atoms with E-state index in [1.54, 1.807) is 44.2 Å². The molecule has 244 valence electrons. The summed E-state index contributed by atoms with van der Waals surface area (Å²) in [7, 11) is 1.51. The second-order valence-corrected chi connectivity index (χ2v) is 12.7. The number of thiazole rings is 1. The smallest absolute Gasteiger partial charge is 0.338 e. The van der Waals surface area contributed by atoms with E-state index in [4.69, 9.17) is 18.9 Å². The summed E-state index contributed by atoms with van der Waals surface area (Å²) in [5.74, 6) is 0.761. The Kier molecular flexibility index (Phi) is 10.3. The molecule has 1 aliphatic rings. The SMILES string of the molecule is CCOC(=O)C1=C(C)N=c2s/c(=C\c3cc(Br)cc(OC)c3OCc3ccc([N+](=O)[O-])cc3)c(=O)n2[C@H]1c1ccccc1OC(C)C. The zero-order chi connectivity index (χ0) is 33.8. The third-order valence-electron chi connectivity index (χ3n) is 7.18. The first kappa shape index (κ1) is 33.6. The summed E-state index contributed by atoms with van der Waals surface area (Å²) in [6, 6.07) is 16.1. The van der Waals surface area contributed by atoms with E-state index in [-0.39, 0.29) is 36.1 Å². The summed E-state index contributed by atoms with van der Waals surface area (Å²) in [6.07, 6.45) is 1.54. The minimum absolute atomic E-state index is 0.0240. The number of methoxy groups -OCH3 is 1. The molecule has 13 heteroatoms. The highest BCUT2D eigenvalue weighted by atomic mass is 79.9. The summed E-state index contributed by atoms with van der Waals surface area (Å²) in [4.78, 5) is 43.4. The van der Waals surface area contributed by atoms with Gasteiger partial charge in [0, 0.05) is 27.7 Å². The van der Waals surface area contributed by atoms with Crippen LogP contribution in [0.5, 0.6) is 17.2 Å². The minimum atomic E-state index is -0.850. The molecular weight excluding hydrogens is 690 g/mol. The van der Waals surface area contributed by atoms with Crippen molar-refractivity contribution in [2.45, 2.75) is 46.4 Å². The number of nitro groups is 1. The fraction of sp³-hybridized carbons (Fsp3) is 0.265. The van der Waals surface area contributed by atoms with Gasteiger partial charge in [-0.3, -0.25) is 19.5 Å². The van der Waals surface area contributed by atoms with Crippen molar-refractivity contribution in [2.75, 3.05) is 13.7 Å². The van der Waals surface area contributed by atoms with E-state index in [2.05, 4.69) is 20.9 Å². The van der Waals surface area contributed by atoms with Crippen LogP contribution in [0, 0.1) is 10.1 Å². The van der Waals surface area contributed by atoms with Crippen LogP contribution in [0.1, 0.15) is 50.4 Å². The fourth-order valence-electron chi connectivity index (χ4n) is 5.17. The molecule has 0 aliphatic carbocycles. The van der Waals surface area contributed by atoms with Crippen LogP contribution in [0.25, 0.3) is 6.08 Å². The molecule has 1 atom stereocenters. The Morgan fingerprint density at radius 3 is 2.53 bits per heavy atom. The van der Waals surface area contributed by atoms with Gasteiger partial charge in [-0.15, -0.1) is 0 Å². The van der Waals surface area contributed by atoms with Gasteiger partial charge in [-0.05, 0) is 69.7 Å². The Labute approximate surface area is 282 Å². The normalized spacial score (nSPS) is 14.4. The van der Waals surface area contributed by atoms with E-state index < -0.39 is 16.9 Å². The Hall–Kier alpha value is -4.75. The predicted molar refractivity (Wildman–Crippen MR) is 181 cm³/mol. The van der Waals surface area contributed by atoms with Gasteiger partial charge in [-0.1, -0.05) is 45.5 Å². The average molecular weight is 723 g/mol. The van der Waals surface area contributed by atoms with Gasteiger partial charge in [-0.2, -0.15) is 0 Å². The Bertz CT molecular complexity index is 2050. The second-order valence-electron chi connectivity index (χ2n) is 10.7. The molecule has 3 aromatic carbocycles. The number of aromatic nitrogens is 1. The number of carbonyl (C=O) groups is 1. The van der Waals surface area contributed by atoms with Crippen LogP contribution in [0.2, 0.25) is 0 Å². The maximum absolute atomic E-state index is 14.3. The van der Waals surface area contributed by atoms with E-state index in [0.29, 0.717) is 53.4 Å². The number of allylic oxidation sites excluding steroid dienone is 1. The summed E-state index contributed by atoms with van der Waals surface area (Å²) in [5.41, 5.74) is 2.18. The van der Waals surface area contributed by atoms with Crippen LogP contribution in [-0.4, -0.2) is 35.3 Å². The molecule has 0 unspecified atom stereocenters. The third-order valence-corrected chi connectivity index (χ3v) is 8.62. The fourth-order valence-corrected chi connectivity index (χ4v) is 6.66. The van der Waals surface area contributed by atoms with Crippen molar-refractivity contribution in [3.63, 3.8) is 0 Å². The standard InChI is InChI=1S/C34H32BrN3O8S/c1-6-44-33(40)29-20(4)36-34-37(30(29)25-9-7-8-10-26(25)46-19(2)3)32(39)28(47-34)16-22-15-23(35)17-27(43-5)31(22)45-18-21-11-13-24(14-12-21)38(41)42/h7-17,19,30H,6,18H2,1-5H3/b28-16-/t30-/m0/s1. The number of halogens is 1. The van der Waals surface area contributed by atoms with Gasteiger partial charge in [0.25, 0.3) is 11.2 Å². The number of esters is 1. The van der Waals surface area contributed by atoms with Crippen LogP contribution < -0.4 is 29.1 Å². The van der Waals surface area contributed by atoms with Crippen molar-refractivity contribution < 1.29 is 28.7 Å². The monoisotopic (exact) mass is 721 g/mol. The number of carbonyl (C=O) groups excluding carboxylic acids is 1. The molecule has 0 saturated heterocycles. The van der Waals surface area contributed by atoms with E-state index >= 15 is 0 Å². The molecule has 0 N–H and O–H groups in total. The highest BCUT2D eigenvalue weighted by molar-refractivity contribution is 9.10. The lowest BCUT2D eigenvalue weighted by Gasteiger charge is -2.26. The summed E-state index contributed by atoms with van der Waals surface area (Å²) in [6.45, 7) is 7.51. The van der Waals surface area contributed by atoms with Crippen LogP contribution in [-0.2, 0) is 16.1 Å². The number of rotatable bonds is 11. The molecule has 0 saturated carbocycles. The number of ether oxygens (including phenoxy) is 4. The van der Waals surface area contributed by atoms with E-state index in [1.807, 2.05) is 38.1 Å². The molecule has 11 nitrogen and oxygen atoms in total. The maximum atomic E-state index is 14.3. The zero-order valence-corrected chi connectivity index (χ0v) is 28.7. The van der Waals surface area contributed by atoms with Crippen molar-refractivity contribution in [1.82, 2.24) is 4.57 Å².